The summed E-state index contributed by atoms with van der Waals surface area (Å²) < 4.78 is 21.5. The zero-order valence-corrected chi connectivity index (χ0v) is 12.0. The van der Waals surface area contributed by atoms with Crippen molar-refractivity contribution in [2.45, 2.75) is 12.3 Å². The first-order chi connectivity index (χ1) is 9.63. The Labute approximate surface area is 118 Å². The van der Waals surface area contributed by atoms with Crippen molar-refractivity contribution in [3.8, 4) is 11.5 Å². The predicted octanol–water partition coefficient (Wildman–Crippen LogP) is 1.20. The second-order valence-corrected chi connectivity index (χ2v) is 6.46. The summed E-state index contributed by atoms with van der Waals surface area (Å²) in [5, 5.41) is 16.7. The SMILES string of the molecule is COC(C)(c1coc2c(O)c(O)ccc2c1=O)P(=O)(O)O. The highest BCUT2D eigenvalue weighted by Gasteiger charge is 2.47. The Hall–Kier alpha value is -1.86. The third-order valence-electron chi connectivity index (χ3n) is 3.35. The first-order valence-corrected chi connectivity index (χ1v) is 7.32. The zero-order chi connectivity index (χ0) is 16.0. The topological polar surface area (TPSA) is 137 Å². The Morgan fingerprint density at radius 2 is 1.90 bits per heavy atom. The van der Waals surface area contributed by atoms with E-state index < -0.39 is 35.4 Å². The maximum Gasteiger partial charge on any atom is 0.361 e. The quantitative estimate of drug-likeness (QED) is 0.489. The van der Waals surface area contributed by atoms with Gasteiger partial charge in [-0.1, -0.05) is 0 Å². The highest BCUT2D eigenvalue weighted by Crippen LogP contribution is 2.56. The van der Waals surface area contributed by atoms with Gasteiger partial charge in [0.05, 0.1) is 10.9 Å². The minimum atomic E-state index is -4.83. The van der Waals surface area contributed by atoms with Crippen LogP contribution < -0.4 is 5.43 Å². The van der Waals surface area contributed by atoms with Crippen LogP contribution in [0.15, 0.2) is 27.6 Å². The molecule has 1 atom stereocenters. The molecule has 0 bridgehead atoms. The molecule has 0 aliphatic carbocycles. The van der Waals surface area contributed by atoms with Gasteiger partial charge in [-0.3, -0.25) is 9.36 Å². The summed E-state index contributed by atoms with van der Waals surface area (Å²) in [6.07, 6.45) is 0.798. The van der Waals surface area contributed by atoms with Gasteiger partial charge in [0.1, 0.15) is 6.26 Å². The van der Waals surface area contributed by atoms with E-state index in [1.54, 1.807) is 0 Å². The number of benzene rings is 1. The molecule has 0 saturated carbocycles. The minimum absolute atomic E-state index is 0.139. The van der Waals surface area contributed by atoms with Gasteiger partial charge in [-0.05, 0) is 19.1 Å². The molecule has 2 aromatic rings. The number of phenols is 2. The van der Waals surface area contributed by atoms with Crippen molar-refractivity contribution < 1.29 is 33.7 Å². The van der Waals surface area contributed by atoms with E-state index in [0.29, 0.717) is 0 Å². The average Bonchev–Trinajstić information content (AvgIpc) is 2.41. The molecular formula is C12H13O8P. The van der Waals surface area contributed by atoms with Crippen molar-refractivity contribution in [1.29, 1.82) is 0 Å². The van der Waals surface area contributed by atoms with E-state index in [1.807, 2.05) is 0 Å². The first kappa shape index (κ1) is 15.5. The van der Waals surface area contributed by atoms with Crippen LogP contribution in [0, 0.1) is 0 Å². The monoisotopic (exact) mass is 316 g/mol. The van der Waals surface area contributed by atoms with Crippen LogP contribution in [-0.4, -0.2) is 27.1 Å². The van der Waals surface area contributed by atoms with E-state index in [9.17, 15) is 29.4 Å². The van der Waals surface area contributed by atoms with Gasteiger partial charge in [-0.2, -0.15) is 0 Å². The van der Waals surface area contributed by atoms with Crippen LogP contribution in [0.5, 0.6) is 11.5 Å². The maximum atomic E-state index is 12.4. The van der Waals surface area contributed by atoms with Crippen molar-refractivity contribution in [2.75, 3.05) is 7.11 Å². The second kappa shape index (κ2) is 4.85. The Morgan fingerprint density at radius 1 is 1.29 bits per heavy atom. The third-order valence-corrected chi connectivity index (χ3v) is 4.88. The summed E-state index contributed by atoms with van der Waals surface area (Å²) in [6, 6.07) is 2.25. The summed E-state index contributed by atoms with van der Waals surface area (Å²) in [7, 11) is -3.78. The fraction of sp³-hybridized carbons (Fsp3) is 0.250. The Balaban J connectivity index is 2.86. The Kier molecular flexibility index (Phi) is 3.59. The molecule has 114 valence electrons. The van der Waals surface area contributed by atoms with Crippen LogP contribution in [0.3, 0.4) is 0 Å². The van der Waals surface area contributed by atoms with Crippen molar-refractivity contribution in [1.82, 2.24) is 0 Å². The number of rotatable bonds is 3. The lowest BCUT2D eigenvalue weighted by Crippen LogP contribution is -2.30. The predicted molar refractivity (Wildman–Crippen MR) is 72.2 cm³/mol. The minimum Gasteiger partial charge on any atom is -0.504 e. The molecule has 9 heteroatoms. The summed E-state index contributed by atoms with van der Waals surface area (Å²) in [5.41, 5.74) is -1.46. The maximum absolute atomic E-state index is 12.4. The van der Waals surface area contributed by atoms with E-state index >= 15 is 0 Å². The van der Waals surface area contributed by atoms with Crippen molar-refractivity contribution in [2.24, 2.45) is 0 Å². The molecule has 0 radical (unpaired) electrons. The molecule has 21 heavy (non-hydrogen) atoms. The summed E-state index contributed by atoms with van der Waals surface area (Å²) in [5.74, 6) is -1.12. The largest absolute Gasteiger partial charge is 0.504 e. The molecule has 1 aromatic carbocycles. The average molecular weight is 316 g/mol. The molecule has 0 amide bonds. The van der Waals surface area contributed by atoms with E-state index in [4.69, 9.17) is 9.15 Å². The lowest BCUT2D eigenvalue weighted by atomic mass is 10.1. The smallest absolute Gasteiger partial charge is 0.361 e. The van der Waals surface area contributed by atoms with Gasteiger partial charge in [0.2, 0.25) is 5.75 Å². The van der Waals surface area contributed by atoms with Crippen LogP contribution in [0.1, 0.15) is 12.5 Å². The van der Waals surface area contributed by atoms with Crippen molar-refractivity contribution >= 4 is 18.6 Å². The summed E-state index contributed by atoms with van der Waals surface area (Å²) in [6.45, 7) is 1.06. The molecule has 1 unspecified atom stereocenters. The van der Waals surface area contributed by atoms with E-state index in [2.05, 4.69) is 0 Å². The zero-order valence-electron chi connectivity index (χ0n) is 11.1. The van der Waals surface area contributed by atoms with Crippen LogP contribution >= 0.6 is 7.60 Å². The molecule has 0 spiro atoms. The number of phenolic OH excluding ortho intramolecular Hbond substituents is 2. The third kappa shape index (κ3) is 2.22. The van der Waals surface area contributed by atoms with Gasteiger partial charge in [0.25, 0.3) is 0 Å². The number of fused-ring (bicyclic) bond motifs is 1. The fourth-order valence-electron chi connectivity index (χ4n) is 1.88. The van der Waals surface area contributed by atoms with Crippen LogP contribution in [0.4, 0.5) is 0 Å². The highest BCUT2D eigenvalue weighted by molar-refractivity contribution is 7.52. The Morgan fingerprint density at radius 3 is 2.43 bits per heavy atom. The molecule has 8 nitrogen and oxygen atoms in total. The molecule has 4 N–H and O–H groups in total. The number of hydrogen-bond acceptors (Lipinski definition) is 6. The lowest BCUT2D eigenvalue weighted by molar-refractivity contribution is 0.0483. The number of hydrogen-bond donors (Lipinski definition) is 4. The van der Waals surface area contributed by atoms with Crippen LogP contribution in [0.2, 0.25) is 0 Å². The van der Waals surface area contributed by atoms with E-state index in [-0.39, 0.29) is 11.0 Å². The summed E-state index contributed by atoms with van der Waals surface area (Å²) in [4.78, 5) is 31.2. The number of methoxy groups -OCH3 is 1. The molecule has 0 fully saturated rings. The van der Waals surface area contributed by atoms with Crippen LogP contribution in [-0.2, 0) is 14.6 Å². The number of ether oxygens (including phenoxy) is 1. The molecule has 2 rings (SSSR count). The highest BCUT2D eigenvalue weighted by atomic mass is 31.2. The van der Waals surface area contributed by atoms with Gasteiger partial charge in [-0.25, -0.2) is 0 Å². The van der Waals surface area contributed by atoms with Gasteiger partial charge < -0.3 is 29.2 Å². The molecule has 0 saturated heterocycles. The normalized spacial score (nSPS) is 15.0. The van der Waals surface area contributed by atoms with Crippen molar-refractivity contribution in [3.05, 3.63) is 34.2 Å². The molecule has 0 aliphatic rings. The second-order valence-electron chi connectivity index (χ2n) is 4.52. The molecular weight excluding hydrogens is 303 g/mol. The van der Waals surface area contributed by atoms with Gasteiger partial charge in [0, 0.05) is 7.11 Å². The first-order valence-electron chi connectivity index (χ1n) is 5.71. The molecule has 1 aromatic heterocycles. The Bertz CT molecular complexity index is 805. The summed E-state index contributed by atoms with van der Waals surface area (Å²) >= 11 is 0. The van der Waals surface area contributed by atoms with E-state index in [0.717, 1.165) is 26.4 Å². The standard InChI is InChI=1S/C12H13O8P/c1-12(19-2,21(16,17)18)7-5-20-11-6(9(7)14)3-4-8(13)10(11)15/h3-5,13,15H,1-2H3,(H2,16,17,18). The number of aromatic hydroxyl groups is 2. The van der Waals surface area contributed by atoms with Crippen molar-refractivity contribution in [3.63, 3.8) is 0 Å². The van der Waals surface area contributed by atoms with E-state index in [1.165, 1.54) is 6.07 Å². The van der Waals surface area contributed by atoms with Gasteiger partial charge >= 0.3 is 7.60 Å². The fourth-order valence-corrected chi connectivity index (χ4v) is 2.59. The molecule has 1 heterocycles. The lowest BCUT2D eigenvalue weighted by Gasteiger charge is -2.28. The van der Waals surface area contributed by atoms with Crippen LogP contribution in [0.25, 0.3) is 11.0 Å². The van der Waals surface area contributed by atoms with Gasteiger partial charge in [0.15, 0.2) is 22.1 Å². The van der Waals surface area contributed by atoms with Gasteiger partial charge in [-0.15, -0.1) is 0 Å². The molecule has 0 aliphatic heterocycles.